The van der Waals surface area contributed by atoms with Crippen molar-refractivity contribution in [3.63, 3.8) is 0 Å². The largest absolute Gasteiger partial charge is 0.399 e. The summed E-state index contributed by atoms with van der Waals surface area (Å²) in [7, 11) is -3.00. The topological polar surface area (TPSA) is 77.5 Å². The number of anilines is 1. The van der Waals surface area contributed by atoms with Crippen molar-refractivity contribution in [1.82, 2.24) is 9.38 Å². The van der Waals surface area contributed by atoms with Crippen molar-refractivity contribution in [3.05, 3.63) is 30.2 Å². The fraction of sp³-hybridized carbons (Fsp3) is 0.364. The number of imidazole rings is 1. The normalized spacial score (nSPS) is 23.2. The van der Waals surface area contributed by atoms with Gasteiger partial charge in [-0.2, -0.15) is 0 Å². The number of sulfone groups is 1. The zero-order chi connectivity index (χ0) is 12.0. The maximum atomic E-state index is 11.8. The first-order valence-corrected chi connectivity index (χ1v) is 7.23. The number of fused-ring (bicyclic) bond motifs is 1. The fourth-order valence-electron chi connectivity index (χ4n) is 2.30. The molecule has 0 aliphatic carbocycles. The fourth-order valence-corrected chi connectivity index (χ4v) is 4.16. The van der Waals surface area contributed by atoms with E-state index in [1.54, 1.807) is 28.9 Å². The van der Waals surface area contributed by atoms with Gasteiger partial charge in [0.25, 0.3) is 0 Å². The van der Waals surface area contributed by atoms with Crippen molar-refractivity contribution < 1.29 is 8.42 Å². The molecule has 5 nitrogen and oxygen atoms in total. The van der Waals surface area contributed by atoms with Crippen LogP contribution in [0.4, 0.5) is 5.69 Å². The molecule has 6 heteroatoms. The Kier molecular flexibility index (Phi) is 2.16. The van der Waals surface area contributed by atoms with Crippen LogP contribution < -0.4 is 5.73 Å². The first-order chi connectivity index (χ1) is 8.06. The molecular formula is C11H13N3O2S. The summed E-state index contributed by atoms with van der Waals surface area (Å²) in [5, 5.41) is -0.441. The lowest BCUT2D eigenvalue weighted by molar-refractivity contribution is 0.591. The molecular weight excluding hydrogens is 238 g/mol. The summed E-state index contributed by atoms with van der Waals surface area (Å²) >= 11 is 0. The van der Waals surface area contributed by atoms with E-state index < -0.39 is 15.1 Å². The monoisotopic (exact) mass is 251 g/mol. The Labute approximate surface area is 99.2 Å². The minimum atomic E-state index is -3.00. The van der Waals surface area contributed by atoms with Crippen LogP contribution in [0.3, 0.4) is 0 Å². The SMILES string of the molecule is Nc1ccn2cc(C3CCCS3(=O)=O)nc2c1. The molecule has 0 aromatic carbocycles. The van der Waals surface area contributed by atoms with Gasteiger partial charge in [-0.3, -0.25) is 0 Å². The highest BCUT2D eigenvalue weighted by atomic mass is 32.2. The third-order valence-corrected chi connectivity index (χ3v) is 5.36. The number of aromatic nitrogens is 2. The molecule has 3 rings (SSSR count). The Bertz CT molecular complexity index is 675. The van der Waals surface area contributed by atoms with Crippen molar-refractivity contribution in [2.45, 2.75) is 18.1 Å². The Morgan fingerprint density at radius 1 is 1.47 bits per heavy atom. The number of pyridine rings is 1. The van der Waals surface area contributed by atoms with Gasteiger partial charge in [-0.15, -0.1) is 0 Å². The Morgan fingerprint density at radius 3 is 3.00 bits per heavy atom. The van der Waals surface area contributed by atoms with Crippen LogP contribution in [-0.4, -0.2) is 23.6 Å². The third-order valence-electron chi connectivity index (χ3n) is 3.16. The Morgan fingerprint density at radius 2 is 2.29 bits per heavy atom. The van der Waals surface area contributed by atoms with E-state index in [9.17, 15) is 8.42 Å². The molecule has 1 aliphatic rings. The van der Waals surface area contributed by atoms with Crippen LogP contribution in [0.15, 0.2) is 24.5 Å². The van der Waals surface area contributed by atoms with E-state index in [0.29, 0.717) is 23.4 Å². The molecule has 0 bridgehead atoms. The molecule has 3 heterocycles. The number of nitrogens with two attached hydrogens (primary N) is 1. The lowest BCUT2D eigenvalue weighted by atomic mass is 10.2. The van der Waals surface area contributed by atoms with Gasteiger partial charge in [-0.25, -0.2) is 13.4 Å². The average Bonchev–Trinajstić information content (AvgIpc) is 2.79. The first-order valence-electron chi connectivity index (χ1n) is 5.52. The lowest BCUT2D eigenvalue weighted by Crippen LogP contribution is -2.08. The molecule has 0 radical (unpaired) electrons. The maximum Gasteiger partial charge on any atom is 0.158 e. The van der Waals surface area contributed by atoms with Gasteiger partial charge in [0.05, 0.1) is 11.4 Å². The zero-order valence-corrected chi connectivity index (χ0v) is 10.0. The summed E-state index contributed by atoms with van der Waals surface area (Å²) in [6, 6.07) is 3.51. The van der Waals surface area contributed by atoms with Crippen molar-refractivity contribution >= 4 is 21.2 Å². The van der Waals surface area contributed by atoms with E-state index in [-0.39, 0.29) is 5.75 Å². The number of rotatable bonds is 1. The Balaban J connectivity index is 2.12. The highest BCUT2D eigenvalue weighted by molar-refractivity contribution is 7.91. The van der Waals surface area contributed by atoms with Crippen molar-refractivity contribution in [3.8, 4) is 0 Å². The molecule has 1 atom stereocenters. The summed E-state index contributed by atoms with van der Waals surface area (Å²) in [5.74, 6) is 0.272. The van der Waals surface area contributed by atoms with Gasteiger partial charge in [-0.05, 0) is 18.9 Å². The average molecular weight is 251 g/mol. The second kappa shape index (κ2) is 3.46. The van der Waals surface area contributed by atoms with E-state index in [4.69, 9.17) is 5.73 Å². The molecule has 0 spiro atoms. The number of hydrogen-bond donors (Lipinski definition) is 1. The summed E-state index contributed by atoms with van der Waals surface area (Å²) in [6.07, 6.45) is 4.97. The minimum Gasteiger partial charge on any atom is -0.399 e. The van der Waals surface area contributed by atoms with Crippen LogP contribution in [0, 0.1) is 0 Å². The van der Waals surface area contributed by atoms with Gasteiger partial charge in [0, 0.05) is 24.1 Å². The van der Waals surface area contributed by atoms with E-state index in [1.165, 1.54) is 0 Å². The number of nitrogen functional groups attached to an aromatic ring is 1. The molecule has 2 aromatic rings. The highest BCUT2D eigenvalue weighted by Crippen LogP contribution is 2.34. The molecule has 17 heavy (non-hydrogen) atoms. The van der Waals surface area contributed by atoms with Gasteiger partial charge < -0.3 is 10.1 Å². The van der Waals surface area contributed by atoms with Gasteiger partial charge in [-0.1, -0.05) is 0 Å². The van der Waals surface area contributed by atoms with E-state index in [1.807, 2.05) is 0 Å². The van der Waals surface area contributed by atoms with Crippen molar-refractivity contribution in [1.29, 1.82) is 0 Å². The molecule has 90 valence electrons. The third kappa shape index (κ3) is 1.68. The molecule has 1 unspecified atom stereocenters. The molecule has 1 aliphatic heterocycles. The standard InChI is InChI=1S/C11H13N3O2S/c12-8-3-4-14-7-9(13-11(14)6-8)10-2-1-5-17(10,15)16/h3-4,6-7,10H,1-2,5,12H2. The lowest BCUT2D eigenvalue weighted by Gasteiger charge is -2.03. The molecule has 1 saturated heterocycles. The summed E-state index contributed by atoms with van der Waals surface area (Å²) in [6.45, 7) is 0. The summed E-state index contributed by atoms with van der Waals surface area (Å²) in [4.78, 5) is 4.35. The van der Waals surface area contributed by atoms with Crippen LogP contribution in [0.25, 0.3) is 5.65 Å². The van der Waals surface area contributed by atoms with E-state index in [2.05, 4.69) is 4.98 Å². The van der Waals surface area contributed by atoms with Gasteiger partial charge in [0.2, 0.25) is 0 Å². The van der Waals surface area contributed by atoms with Crippen LogP contribution in [-0.2, 0) is 9.84 Å². The second-order valence-electron chi connectivity index (χ2n) is 4.39. The van der Waals surface area contributed by atoms with Crippen LogP contribution in [0.5, 0.6) is 0 Å². The minimum absolute atomic E-state index is 0.272. The predicted octanol–water partition coefficient (Wildman–Crippen LogP) is 1.17. The molecule has 1 fully saturated rings. The second-order valence-corrected chi connectivity index (χ2v) is 6.69. The van der Waals surface area contributed by atoms with E-state index >= 15 is 0 Å². The summed E-state index contributed by atoms with van der Waals surface area (Å²) in [5.41, 5.74) is 7.63. The van der Waals surface area contributed by atoms with Gasteiger partial charge in [0.15, 0.2) is 9.84 Å². The zero-order valence-electron chi connectivity index (χ0n) is 9.20. The predicted molar refractivity (Wildman–Crippen MR) is 65.4 cm³/mol. The maximum absolute atomic E-state index is 11.8. The van der Waals surface area contributed by atoms with Crippen LogP contribution in [0.1, 0.15) is 23.8 Å². The molecule has 0 amide bonds. The molecule has 2 N–H and O–H groups in total. The van der Waals surface area contributed by atoms with Crippen LogP contribution in [0.2, 0.25) is 0 Å². The van der Waals surface area contributed by atoms with Crippen molar-refractivity contribution in [2.75, 3.05) is 11.5 Å². The van der Waals surface area contributed by atoms with Crippen molar-refractivity contribution in [2.24, 2.45) is 0 Å². The quantitative estimate of drug-likeness (QED) is 0.825. The van der Waals surface area contributed by atoms with E-state index in [0.717, 1.165) is 6.42 Å². The molecule has 0 saturated carbocycles. The smallest absolute Gasteiger partial charge is 0.158 e. The van der Waals surface area contributed by atoms with Gasteiger partial charge in [0.1, 0.15) is 10.9 Å². The molecule has 2 aromatic heterocycles. The Hall–Kier alpha value is -1.56. The van der Waals surface area contributed by atoms with Gasteiger partial charge >= 0.3 is 0 Å². The summed E-state index contributed by atoms with van der Waals surface area (Å²) < 4.78 is 25.5. The number of nitrogens with zero attached hydrogens (tertiary/aromatic N) is 2. The van der Waals surface area contributed by atoms with Crippen LogP contribution >= 0.6 is 0 Å². The number of hydrogen-bond acceptors (Lipinski definition) is 4. The highest BCUT2D eigenvalue weighted by Gasteiger charge is 2.34. The first kappa shape index (κ1) is 10.6.